The molecule has 15 amide bonds. The monoisotopic (exact) mass is 1510 g/mol. The van der Waals surface area contributed by atoms with E-state index in [0.29, 0.717) is 12.0 Å². The number of aliphatic hydroxyl groups excluding tert-OH is 1. The second-order valence-corrected chi connectivity index (χ2v) is 27.7. The highest BCUT2D eigenvalue weighted by atomic mass is 32.1. The number of hydrogen-bond donors (Lipinski definition) is 20. The van der Waals surface area contributed by atoms with Gasteiger partial charge in [-0.2, -0.15) is 25.3 Å². The minimum atomic E-state index is -1.60. The summed E-state index contributed by atoms with van der Waals surface area (Å²) in [5.41, 5.74) is 11.7. The first-order valence-corrected chi connectivity index (χ1v) is 35.5. The Bertz CT molecular complexity index is 3180. The summed E-state index contributed by atoms with van der Waals surface area (Å²) in [7, 11) is 0. The molecule has 0 unspecified atom stereocenters. The molecular weight excluding hydrogens is 1400 g/mol. The lowest BCUT2D eigenvalue weighted by atomic mass is 9.98. The number of aliphatic hydroxyl groups is 1. The maximum atomic E-state index is 14.5. The highest BCUT2D eigenvalue weighted by molar-refractivity contribution is 7.80. The Morgan fingerprint density at radius 1 is 0.490 bits per heavy atom. The van der Waals surface area contributed by atoms with Crippen LogP contribution in [0.25, 0.3) is 0 Å². The molecule has 1 heterocycles. The summed E-state index contributed by atoms with van der Waals surface area (Å²) in [6.45, 7) is 15.8. The Kier molecular flexibility index (Phi) is 39.5. The lowest BCUT2D eigenvalue weighted by Gasteiger charge is -2.30. The van der Waals surface area contributed by atoms with Crippen molar-refractivity contribution in [1.29, 1.82) is 0 Å². The Labute approximate surface area is 614 Å². The average Bonchev–Trinajstić information content (AvgIpc) is 1.61. The fourth-order valence-corrected chi connectivity index (χ4v) is 10.9. The van der Waals surface area contributed by atoms with E-state index in [4.69, 9.17) is 11.5 Å². The van der Waals surface area contributed by atoms with E-state index < -0.39 is 236 Å². The molecule has 2 rings (SSSR count). The van der Waals surface area contributed by atoms with Gasteiger partial charge < -0.3 is 101 Å². The number of nitrogens with two attached hydrogens (primary N) is 2. The van der Waals surface area contributed by atoms with Crippen LogP contribution in [0.5, 0.6) is 0 Å². The van der Waals surface area contributed by atoms with Gasteiger partial charge in [-0.15, -0.1) is 0 Å². The largest absolute Gasteiger partial charge is 0.481 e. The summed E-state index contributed by atoms with van der Waals surface area (Å²) in [5.74, 6) is -17.9. The van der Waals surface area contributed by atoms with Crippen molar-refractivity contribution < 1.29 is 96.8 Å². The Morgan fingerprint density at radius 3 is 1.42 bits per heavy atom. The van der Waals surface area contributed by atoms with E-state index in [0.717, 1.165) is 0 Å². The molecule has 104 heavy (non-hydrogen) atoms. The molecule has 1 aliphatic heterocycles. The van der Waals surface area contributed by atoms with Crippen LogP contribution in [0.3, 0.4) is 0 Å². The summed E-state index contributed by atoms with van der Waals surface area (Å²) < 4.78 is 0. The minimum Gasteiger partial charge on any atom is -0.481 e. The number of amides is 15. The molecule has 0 radical (unpaired) electrons. The highest BCUT2D eigenvalue weighted by Gasteiger charge is 2.41. The lowest BCUT2D eigenvalue weighted by molar-refractivity contribution is -0.142. The van der Waals surface area contributed by atoms with Gasteiger partial charge in [0.15, 0.2) is 0 Å². The molecule has 0 aliphatic carbocycles. The van der Waals surface area contributed by atoms with Crippen molar-refractivity contribution >= 4 is 126 Å². The molecular formula is C66H106N16O20S2. The molecule has 38 heteroatoms. The second kappa shape index (κ2) is 45.1. The van der Waals surface area contributed by atoms with Gasteiger partial charge in [-0.1, -0.05) is 85.7 Å². The van der Waals surface area contributed by atoms with Gasteiger partial charge >= 0.3 is 11.9 Å². The number of carbonyl (C=O) groups excluding carboxylic acids is 15. The fraction of sp³-hybridized carbons (Fsp3) is 0.652. The average molecular weight is 1510 g/mol. The summed E-state index contributed by atoms with van der Waals surface area (Å²) in [5, 5.41) is 60.6. The van der Waals surface area contributed by atoms with E-state index in [1.807, 2.05) is 0 Å². The maximum Gasteiger partial charge on any atom is 0.327 e. The smallest absolute Gasteiger partial charge is 0.327 e. The zero-order chi connectivity index (χ0) is 79.0. The number of aliphatic carboxylic acids is 2. The molecule has 0 spiro atoms. The molecule has 1 aromatic carbocycles. The Balaban J connectivity index is 2.26. The zero-order valence-electron chi connectivity index (χ0n) is 60.5. The van der Waals surface area contributed by atoms with Crippen molar-refractivity contribution in [3.63, 3.8) is 0 Å². The molecule has 14 atom stereocenters. The van der Waals surface area contributed by atoms with Gasteiger partial charge in [-0.3, -0.25) is 76.7 Å². The van der Waals surface area contributed by atoms with E-state index in [2.05, 4.69) is 94.4 Å². The number of nitrogens with zero attached hydrogens (tertiary/aromatic N) is 1. The third-order valence-electron chi connectivity index (χ3n) is 16.3. The van der Waals surface area contributed by atoms with Crippen molar-refractivity contribution in [2.75, 3.05) is 31.2 Å². The van der Waals surface area contributed by atoms with Gasteiger partial charge in [-0.25, -0.2) is 4.79 Å². The van der Waals surface area contributed by atoms with Gasteiger partial charge in [-0.05, 0) is 88.5 Å². The molecule has 20 N–H and O–H groups in total. The van der Waals surface area contributed by atoms with Gasteiger partial charge in [0.05, 0.1) is 19.2 Å². The first kappa shape index (κ1) is 90.9. The molecule has 1 saturated heterocycles. The number of likely N-dealkylation sites (tertiary alicyclic amines) is 1. The fourth-order valence-electron chi connectivity index (χ4n) is 10.5. The van der Waals surface area contributed by atoms with E-state index in [1.54, 1.807) is 71.9 Å². The first-order chi connectivity index (χ1) is 48.7. The van der Waals surface area contributed by atoms with Gasteiger partial charge in [0.2, 0.25) is 88.6 Å². The van der Waals surface area contributed by atoms with Crippen LogP contribution in [0.2, 0.25) is 0 Å². The lowest BCUT2D eigenvalue weighted by Crippen LogP contribution is -2.61. The number of benzene rings is 1. The van der Waals surface area contributed by atoms with E-state index in [9.17, 15) is 96.8 Å². The van der Waals surface area contributed by atoms with Crippen LogP contribution in [0.15, 0.2) is 30.3 Å². The SMILES string of the molecule is CC(C)C[C@H](NC(=O)[C@H](C)NC(=O)[C@H](CO)NC(=O)[C@@H](N)CS)C(=O)N[C@@H](CC(C)C)C(=O)N[C@H](C(=O)NCC(=O)N[C@@H](C)C(=O)N1CCC[C@H]1C(=O)N[C@@H](Cc1ccccc1)C(=O)N[C@@H](CCC(N)=O)C(=O)N[C@H](C(=O)N[C@@H](C)C(=O)N[C@@H](CCC(=O)O)C(=O)N[C@@H](CS)C(=O)O)C(C)C)C(C)C. The van der Waals surface area contributed by atoms with Crippen LogP contribution < -0.4 is 80.6 Å². The van der Waals surface area contributed by atoms with Crippen LogP contribution in [-0.2, 0) is 87.9 Å². The van der Waals surface area contributed by atoms with Crippen molar-refractivity contribution in [2.24, 2.45) is 35.1 Å². The second-order valence-electron chi connectivity index (χ2n) is 26.9. The van der Waals surface area contributed by atoms with Crippen molar-refractivity contribution in [2.45, 2.75) is 219 Å². The summed E-state index contributed by atoms with van der Waals surface area (Å²) in [6, 6.07) is -10.8. The zero-order valence-corrected chi connectivity index (χ0v) is 62.2. The summed E-state index contributed by atoms with van der Waals surface area (Å²) >= 11 is 7.84. The number of rotatable bonds is 45. The number of carbonyl (C=O) groups is 17. The number of thiol groups is 2. The Hall–Kier alpha value is -9.17. The number of hydrogen-bond acceptors (Lipinski definition) is 21. The maximum absolute atomic E-state index is 14.5. The minimum absolute atomic E-state index is 0.0342. The normalized spacial score (nSPS) is 16.5. The van der Waals surface area contributed by atoms with Crippen molar-refractivity contribution in [3.05, 3.63) is 35.9 Å². The van der Waals surface area contributed by atoms with Crippen LogP contribution in [0, 0.1) is 23.7 Å². The van der Waals surface area contributed by atoms with Crippen molar-refractivity contribution in [3.8, 4) is 0 Å². The van der Waals surface area contributed by atoms with Crippen LogP contribution in [0.1, 0.15) is 133 Å². The predicted octanol–water partition coefficient (Wildman–Crippen LogP) is -4.99. The van der Waals surface area contributed by atoms with Crippen molar-refractivity contribution in [1.82, 2.24) is 74.0 Å². The summed E-state index contributed by atoms with van der Waals surface area (Å²) in [6.07, 6.45) is -1.60. The van der Waals surface area contributed by atoms with Crippen LogP contribution in [-0.4, -0.2) is 237 Å². The topological polar surface area (TPSA) is 563 Å². The molecule has 582 valence electrons. The predicted molar refractivity (Wildman–Crippen MR) is 382 cm³/mol. The molecule has 1 aliphatic rings. The third-order valence-corrected chi connectivity index (χ3v) is 17.1. The van der Waals surface area contributed by atoms with E-state index in [1.165, 1.54) is 39.5 Å². The standard InChI is InChI=1S/C66H106N16O20S2/c1-31(2)24-42(75-54(89)35(9)71-61(96)45(28-83)78-55(90)39(67)29-103)58(93)76-43(25-32(3)4)60(95)80-51(33(5)6)63(98)69-27-49(85)70-37(11)65(100)82-23-15-18-47(82)62(97)77-44(26-38-16-13-12-14-17-38)59(94)74-40(19-21-48(68)84)57(92)81-52(34(7)8)64(99)72-36(10)53(88)73-41(20-22-50(86)87)56(91)79-46(30-104)66(101)102/h12-14,16-17,31-37,39-47,51-52,83,103-104H,15,18-30,67H2,1-11H3,(H2,68,84)(H,69,98)(H,70,85)(H,71,96)(H,72,99)(H,73,88)(H,74,94)(H,75,89)(H,76,93)(H,77,97)(H,78,90)(H,79,91)(H,80,95)(H,81,92)(H,86,87)(H,101,102)/t35-,36-,37-,39-,40-,41-,42-,43-,44-,45-,46-,47-,51-,52-/m0/s1. The number of carboxylic acid groups (broad SMARTS) is 2. The first-order valence-electron chi connectivity index (χ1n) is 34.2. The third kappa shape index (κ3) is 31.4. The van der Waals surface area contributed by atoms with E-state index in [-0.39, 0.29) is 55.6 Å². The van der Waals surface area contributed by atoms with Gasteiger partial charge in [0.1, 0.15) is 78.5 Å². The number of primary amides is 1. The van der Waals surface area contributed by atoms with Crippen LogP contribution in [0.4, 0.5) is 0 Å². The highest BCUT2D eigenvalue weighted by Crippen LogP contribution is 2.20. The summed E-state index contributed by atoms with van der Waals surface area (Å²) in [4.78, 5) is 227. The molecule has 0 bridgehead atoms. The van der Waals surface area contributed by atoms with Gasteiger partial charge in [0, 0.05) is 37.3 Å². The van der Waals surface area contributed by atoms with Crippen LogP contribution >= 0.6 is 25.3 Å². The molecule has 1 fully saturated rings. The van der Waals surface area contributed by atoms with Gasteiger partial charge in [0.25, 0.3) is 0 Å². The molecule has 0 saturated carbocycles. The number of nitrogens with one attached hydrogen (secondary N) is 13. The van der Waals surface area contributed by atoms with E-state index >= 15 is 0 Å². The molecule has 36 nitrogen and oxygen atoms in total. The number of carboxylic acids is 2. The molecule has 0 aromatic heterocycles. The molecule has 1 aromatic rings. The quantitative estimate of drug-likeness (QED) is 0.0272. The Morgan fingerprint density at radius 2 is 0.933 bits per heavy atom.